The molecule has 5 heteroatoms. The second-order valence-corrected chi connectivity index (χ2v) is 4.13. The van der Waals surface area contributed by atoms with Gasteiger partial charge in [0.25, 0.3) is 0 Å². The number of rotatable bonds is 3. The maximum absolute atomic E-state index is 4.30. The Balaban J connectivity index is 2.05. The van der Waals surface area contributed by atoms with Gasteiger partial charge in [-0.1, -0.05) is 0 Å². The largest absolute Gasteiger partial charge is 0.378 e. The standard InChI is InChI=1S/C11H11BrN4/c1-8-10(2-3-11(12)16-8)15-7-9-6-13-4-5-14-9/h2-6,15H,7H2,1H3. The summed E-state index contributed by atoms with van der Waals surface area (Å²) in [6.07, 6.45) is 5.09. The van der Waals surface area contributed by atoms with E-state index in [-0.39, 0.29) is 0 Å². The number of anilines is 1. The Bertz CT molecular complexity index is 473. The molecule has 2 aromatic rings. The lowest BCUT2D eigenvalue weighted by Crippen LogP contribution is -2.03. The highest BCUT2D eigenvalue weighted by Gasteiger charge is 2.00. The molecule has 0 bridgehead atoms. The maximum Gasteiger partial charge on any atom is 0.106 e. The van der Waals surface area contributed by atoms with Gasteiger partial charge >= 0.3 is 0 Å². The number of aryl methyl sites for hydroxylation is 1. The summed E-state index contributed by atoms with van der Waals surface area (Å²) in [4.78, 5) is 12.5. The van der Waals surface area contributed by atoms with Crippen molar-refractivity contribution in [3.05, 3.63) is 46.7 Å². The summed E-state index contributed by atoms with van der Waals surface area (Å²) >= 11 is 3.33. The van der Waals surface area contributed by atoms with Crippen molar-refractivity contribution in [2.75, 3.05) is 5.32 Å². The Morgan fingerprint density at radius 2 is 2.19 bits per heavy atom. The van der Waals surface area contributed by atoms with Crippen molar-refractivity contribution < 1.29 is 0 Å². The van der Waals surface area contributed by atoms with E-state index in [0.717, 1.165) is 21.7 Å². The van der Waals surface area contributed by atoms with Gasteiger partial charge in [0, 0.05) is 12.4 Å². The smallest absolute Gasteiger partial charge is 0.106 e. The lowest BCUT2D eigenvalue weighted by molar-refractivity contribution is 0.999. The molecule has 16 heavy (non-hydrogen) atoms. The van der Waals surface area contributed by atoms with Crippen molar-refractivity contribution in [3.63, 3.8) is 0 Å². The van der Waals surface area contributed by atoms with Gasteiger partial charge in [0.1, 0.15) is 4.60 Å². The molecule has 0 saturated carbocycles. The number of hydrogen-bond donors (Lipinski definition) is 1. The van der Waals surface area contributed by atoms with Crippen molar-refractivity contribution >= 4 is 21.6 Å². The average molecular weight is 279 g/mol. The molecular formula is C11H11BrN4. The third-order valence-corrected chi connectivity index (χ3v) is 2.57. The predicted molar refractivity (Wildman–Crippen MR) is 66.0 cm³/mol. The van der Waals surface area contributed by atoms with Crippen molar-refractivity contribution in [1.29, 1.82) is 0 Å². The van der Waals surface area contributed by atoms with Gasteiger partial charge in [-0.15, -0.1) is 0 Å². The molecule has 82 valence electrons. The zero-order valence-corrected chi connectivity index (χ0v) is 10.4. The molecule has 4 nitrogen and oxygen atoms in total. The van der Waals surface area contributed by atoms with Crippen LogP contribution in [0.25, 0.3) is 0 Å². The molecule has 0 aliphatic rings. The van der Waals surface area contributed by atoms with Crippen LogP contribution >= 0.6 is 15.9 Å². The number of hydrogen-bond acceptors (Lipinski definition) is 4. The molecule has 0 unspecified atom stereocenters. The molecule has 0 aliphatic carbocycles. The Morgan fingerprint density at radius 3 is 2.88 bits per heavy atom. The predicted octanol–water partition coefficient (Wildman–Crippen LogP) is 2.55. The fraction of sp³-hybridized carbons (Fsp3) is 0.182. The molecule has 2 heterocycles. The van der Waals surface area contributed by atoms with E-state index in [1.165, 1.54) is 0 Å². The van der Waals surface area contributed by atoms with Gasteiger partial charge in [-0.2, -0.15) is 0 Å². The van der Waals surface area contributed by atoms with E-state index in [9.17, 15) is 0 Å². The Kier molecular flexibility index (Phi) is 3.46. The van der Waals surface area contributed by atoms with Gasteiger partial charge in [0.15, 0.2) is 0 Å². The highest BCUT2D eigenvalue weighted by molar-refractivity contribution is 9.10. The van der Waals surface area contributed by atoms with Crippen LogP contribution in [0.2, 0.25) is 0 Å². The first-order valence-electron chi connectivity index (χ1n) is 4.87. The van der Waals surface area contributed by atoms with Gasteiger partial charge in [0.2, 0.25) is 0 Å². The van der Waals surface area contributed by atoms with Crippen molar-refractivity contribution in [2.24, 2.45) is 0 Å². The number of aromatic nitrogens is 3. The molecule has 0 radical (unpaired) electrons. The summed E-state index contributed by atoms with van der Waals surface area (Å²) in [5.41, 5.74) is 2.87. The molecule has 0 aromatic carbocycles. The van der Waals surface area contributed by atoms with Gasteiger partial charge < -0.3 is 5.32 Å². The van der Waals surface area contributed by atoms with E-state index in [4.69, 9.17) is 0 Å². The highest BCUT2D eigenvalue weighted by Crippen LogP contribution is 2.16. The third kappa shape index (κ3) is 2.76. The first-order valence-corrected chi connectivity index (χ1v) is 5.67. The lowest BCUT2D eigenvalue weighted by Gasteiger charge is -2.08. The van der Waals surface area contributed by atoms with Crippen LogP contribution < -0.4 is 5.32 Å². The van der Waals surface area contributed by atoms with Crippen LogP contribution in [0, 0.1) is 6.92 Å². The average Bonchev–Trinajstić information content (AvgIpc) is 2.29. The third-order valence-electron chi connectivity index (χ3n) is 2.13. The first kappa shape index (κ1) is 11.0. The number of nitrogens with one attached hydrogen (secondary N) is 1. The van der Waals surface area contributed by atoms with Crippen LogP contribution in [0.5, 0.6) is 0 Å². The Hall–Kier alpha value is -1.49. The first-order chi connectivity index (χ1) is 7.75. The fourth-order valence-corrected chi connectivity index (χ4v) is 1.72. The van der Waals surface area contributed by atoms with Crippen LogP contribution in [0.15, 0.2) is 35.3 Å². The number of halogens is 1. The maximum atomic E-state index is 4.30. The van der Waals surface area contributed by atoms with Crippen LogP contribution in [0.3, 0.4) is 0 Å². The summed E-state index contributed by atoms with van der Waals surface area (Å²) < 4.78 is 0.843. The van der Waals surface area contributed by atoms with Crippen molar-refractivity contribution in [2.45, 2.75) is 13.5 Å². The summed E-state index contributed by atoms with van der Waals surface area (Å²) in [5.74, 6) is 0. The van der Waals surface area contributed by atoms with Crippen LogP contribution in [-0.2, 0) is 6.54 Å². The van der Waals surface area contributed by atoms with Crippen molar-refractivity contribution in [3.8, 4) is 0 Å². The SMILES string of the molecule is Cc1nc(Br)ccc1NCc1cnccn1. The molecular weight excluding hydrogens is 268 g/mol. The summed E-state index contributed by atoms with van der Waals surface area (Å²) in [6.45, 7) is 2.61. The number of pyridine rings is 1. The normalized spacial score (nSPS) is 10.1. The Labute approximate surface area is 102 Å². The minimum Gasteiger partial charge on any atom is -0.378 e. The van der Waals surface area contributed by atoms with Crippen LogP contribution in [-0.4, -0.2) is 15.0 Å². The monoisotopic (exact) mass is 278 g/mol. The molecule has 2 aromatic heterocycles. The van der Waals surface area contributed by atoms with Gasteiger partial charge in [-0.25, -0.2) is 4.98 Å². The zero-order valence-electron chi connectivity index (χ0n) is 8.81. The molecule has 0 amide bonds. The minimum atomic E-state index is 0.651. The number of nitrogens with zero attached hydrogens (tertiary/aromatic N) is 3. The van der Waals surface area contributed by atoms with Crippen LogP contribution in [0.1, 0.15) is 11.4 Å². The van der Waals surface area contributed by atoms with Crippen LogP contribution in [0.4, 0.5) is 5.69 Å². The highest BCUT2D eigenvalue weighted by atomic mass is 79.9. The second-order valence-electron chi connectivity index (χ2n) is 3.32. The summed E-state index contributed by atoms with van der Waals surface area (Å²) in [6, 6.07) is 3.90. The van der Waals surface area contributed by atoms with E-state index in [0.29, 0.717) is 6.54 Å². The lowest BCUT2D eigenvalue weighted by atomic mass is 10.3. The molecule has 2 rings (SSSR count). The molecule has 0 fully saturated rings. The minimum absolute atomic E-state index is 0.651. The molecule has 0 saturated heterocycles. The fourth-order valence-electron chi connectivity index (χ4n) is 1.32. The zero-order chi connectivity index (χ0) is 11.4. The van der Waals surface area contributed by atoms with E-state index in [2.05, 4.69) is 36.2 Å². The molecule has 1 N–H and O–H groups in total. The van der Waals surface area contributed by atoms with E-state index in [1.807, 2.05) is 19.1 Å². The van der Waals surface area contributed by atoms with E-state index in [1.54, 1.807) is 18.6 Å². The van der Waals surface area contributed by atoms with E-state index < -0.39 is 0 Å². The Morgan fingerprint density at radius 1 is 1.31 bits per heavy atom. The molecule has 0 atom stereocenters. The van der Waals surface area contributed by atoms with E-state index >= 15 is 0 Å². The van der Waals surface area contributed by atoms with Gasteiger partial charge in [0.05, 0.1) is 29.8 Å². The quantitative estimate of drug-likeness (QED) is 0.877. The molecule has 0 spiro atoms. The van der Waals surface area contributed by atoms with Gasteiger partial charge in [-0.3, -0.25) is 9.97 Å². The second kappa shape index (κ2) is 5.03. The van der Waals surface area contributed by atoms with Crippen molar-refractivity contribution in [1.82, 2.24) is 15.0 Å². The van der Waals surface area contributed by atoms with Gasteiger partial charge in [-0.05, 0) is 35.0 Å². The topological polar surface area (TPSA) is 50.7 Å². The summed E-state index contributed by atoms with van der Waals surface area (Å²) in [7, 11) is 0. The summed E-state index contributed by atoms with van der Waals surface area (Å²) in [5, 5.41) is 3.27. The molecule has 0 aliphatic heterocycles.